The van der Waals surface area contributed by atoms with Crippen LogP contribution in [0.5, 0.6) is 0 Å². The second-order valence-corrected chi connectivity index (χ2v) is 15.4. The Morgan fingerprint density at radius 2 is 1.67 bits per heavy atom. The lowest BCUT2D eigenvalue weighted by molar-refractivity contribution is -0.137. The number of hydrogen-bond acceptors (Lipinski definition) is 4. The summed E-state index contributed by atoms with van der Waals surface area (Å²) < 4.78 is 0. The molecule has 1 atom stereocenters. The number of nitrogens with one attached hydrogen (secondary N) is 1. The number of carboxylic acids is 1. The molecule has 1 heterocycles. The van der Waals surface area contributed by atoms with E-state index < -0.39 is 18.2 Å². The topological polar surface area (TPSA) is 99.1 Å². The van der Waals surface area contributed by atoms with E-state index in [1.165, 1.54) is 0 Å². The van der Waals surface area contributed by atoms with E-state index >= 15 is 0 Å². The molecule has 2 N–H and O–H groups in total. The summed E-state index contributed by atoms with van der Waals surface area (Å²) in [6.07, 6.45) is 9.97. The molecule has 9 heteroatoms. The highest BCUT2D eigenvalue weighted by atomic mass is 35.5. The summed E-state index contributed by atoms with van der Waals surface area (Å²) in [5, 5.41) is 12.3. The maximum Gasteiger partial charge on any atom is 0.322 e. The fraction of sp³-hybridized carbons (Fsp3) is 0.588. The average molecular weight is 631 g/mol. The van der Waals surface area contributed by atoms with E-state index in [1.807, 2.05) is 6.08 Å². The smallest absolute Gasteiger partial charge is 0.322 e. The molecule has 1 aliphatic heterocycles. The van der Waals surface area contributed by atoms with Crippen LogP contribution in [0.2, 0.25) is 10.0 Å². The Morgan fingerprint density at radius 3 is 2.19 bits per heavy atom. The van der Waals surface area contributed by atoms with Crippen molar-refractivity contribution in [3.05, 3.63) is 57.1 Å². The number of aliphatic carboxylic acids is 1. The minimum atomic E-state index is -1.08. The first-order chi connectivity index (χ1) is 20.0. The van der Waals surface area contributed by atoms with Crippen LogP contribution in [0.1, 0.15) is 98.5 Å². The quantitative estimate of drug-likeness (QED) is 0.309. The van der Waals surface area contributed by atoms with E-state index in [4.69, 9.17) is 33.3 Å². The summed E-state index contributed by atoms with van der Waals surface area (Å²) in [6, 6.07) is 4.98. The molecule has 1 aromatic rings. The highest BCUT2D eigenvalue weighted by Crippen LogP contribution is 2.49. The van der Waals surface area contributed by atoms with Crippen molar-refractivity contribution in [1.29, 1.82) is 0 Å². The molecule has 0 aromatic heterocycles. The van der Waals surface area contributed by atoms with E-state index in [9.17, 15) is 14.4 Å². The predicted octanol–water partition coefficient (Wildman–Crippen LogP) is 7.60. The monoisotopic (exact) mass is 629 g/mol. The average Bonchev–Trinajstić information content (AvgIpc) is 3.17. The van der Waals surface area contributed by atoms with Gasteiger partial charge in [0.2, 0.25) is 5.91 Å². The lowest BCUT2D eigenvalue weighted by Crippen LogP contribution is -2.55. The first kappa shape index (κ1) is 33.3. The zero-order valence-corrected chi connectivity index (χ0v) is 27.7. The largest absolute Gasteiger partial charge is 0.480 e. The van der Waals surface area contributed by atoms with Gasteiger partial charge in [0, 0.05) is 21.2 Å². The Hall–Kier alpha value is -2.64. The Bertz CT molecular complexity index is 1340. The van der Waals surface area contributed by atoms with Crippen molar-refractivity contribution in [3.8, 4) is 0 Å². The van der Waals surface area contributed by atoms with Gasteiger partial charge >= 0.3 is 5.97 Å². The molecule has 4 rings (SSSR count). The number of allylic oxidation sites excluding steroid dienone is 2. The summed E-state index contributed by atoms with van der Waals surface area (Å²) in [5.74, 6) is -1.03. The van der Waals surface area contributed by atoms with E-state index in [0.29, 0.717) is 45.7 Å². The molecule has 234 valence electrons. The van der Waals surface area contributed by atoms with Crippen LogP contribution < -0.4 is 5.32 Å². The van der Waals surface area contributed by atoms with Crippen LogP contribution in [-0.2, 0) is 14.4 Å². The van der Waals surface area contributed by atoms with Crippen LogP contribution in [0.4, 0.5) is 0 Å². The van der Waals surface area contributed by atoms with Crippen LogP contribution in [0.3, 0.4) is 0 Å². The number of carboxylic acid groups (broad SMARTS) is 1. The van der Waals surface area contributed by atoms with Gasteiger partial charge in [-0.3, -0.25) is 19.4 Å². The molecule has 3 aliphatic rings. The maximum absolute atomic E-state index is 14.6. The zero-order valence-electron chi connectivity index (χ0n) is 26.2. The van der Waals surface area contributed by atoms with Gasteiger partial charge in [-0.05, 0) is 91.9 Å². The Balaban J connectivity index is 1.76. The van der Waals surface area contributed by atoms with Crippen molar-refractivity contribution in [2.45, 2.75) is 105 Å². The van der Waals surface area contributed by atoms with Gasteiger partial charge in [0.05, 0.1) is 6.04 Å². The Morgan fingerprint density at radius 1 is 1.05 bits per heavy atom. The molecular weight excluding hydrogens is 585 g/mol. The predicted molar refractivity (Wildman–Crippen MR) is 173 cm³/mol. The fourth-order valence-corrected chi connectivity index (χ4v) is 7.19. The highest BCUT2D eigenvalue weighted by molar-refractivity contribution is 6.48. The Labute approximate surface area is 265 Å². The van der Waals surface area contributed by atoms with Gasteiger partial charge in [-0.15, -0.1) is 0 Å². The number of aliphatic imine (C=N–C) groups is 1. The van der Waals surface area contributed by atoms with E-state index in [0.717, 1.165) is 44.1 Å². The highest BCUT2D eigenvalue weighted by Gasteiger charge is 2.53. The van der Waals surface area contributed by atoms with E-state index in [2.05, 4.69) is 51.8 Å². The van der Waals surface area contributed by atoms with Gasteiger partial charge in [0.15, 0.2) is 0 Å². The SMILES string of the molecule is CC(C)(C)CCC(C1=CC=C(C(=O)NCC(=O)O)CC1)N1C(=O)C(c2cc(Cl)cc(Cl)c2)=NC12CCC(C(C)(C)C)CC2. The van der Waals surface area contributed by atoms with E-state index in [1.54, 1.807) is 24.3 Å². The molecule has 0 saturated heterocycles. The second-order valence-electron chi connectivity index (χ2n) is 14.5. The fourth-order valence-electron chi connectivity index (χ4n) is 6.66. The lowest BCUT2D eigenvalue weighted by Gasteiger charge is -2.48. The number of carbonyl (C=O) groups is 3. The number of rotatable bonds is 8. The lowest BCUT2D eigenvalue weighted by atomic mass is 9.69. The van der Waals surface area contributed by atoms with E-state index in [-0.39, 0.29) is 28.7 Å². The summed E-state index contributed by atoms with van der Waals surface area (Å²) in [6.45, 7) is 13.0. The molecule has 43 heavy (non-hydrogen) atoms. The van der Waals surface area contributed by atoms with Crippen molar-refractivity contribution in [1.82, 2.24) is 10.2 Å². The molecule has 7 nitrogen and oxygen atoms in total. The summed E-state index contributed by atoms with van der Waals surface area (Å²) >= 11 is 12.8. The third kappa shape index (κ3) is 7.91. The number of hydrogen-bond donors (Lipinski definition) is 2. The molecular formula is C34H45Cl2N3O4. The molecule has 0 radical (unpaired) electrons. The van der Waals surface area contributed by atoms with Crippen LogP contribution in [0.15, 0.2) is 46.5 Å². The van der Waals surface area contributed by atoms with Crippen LogP contribution in [0.25, 0.3) is 0 Å². The van der Waals surface area contributed by atoms with Crippen LogP contribution >= 0.6 is 23.2 Å². The zero-order chi connectivity index (χ0) is 31.7. The molecule has 1 fully saturated rings. The molecule has 0 bridgehead atoms. The van der Waals surface area contributed by atoms with Gasteiger partial charge < -0.3 is 15.3 Å². The third-order valence-corrected chi connectivity index (χ3v) is 9.55. The van der Waals surface area contributed by atoms with Gasteiger partial charge in [-0.25, -0.2) is 0 Å². The summed E-state index contributed by atoms with van der Waals surface area (Å²) in [5.41, 5.74) is 2.21. The standard InChI is InChI=1S/C34H45Cl2N3O4/c1-32(2,3)14-13-27(21-7-9-22(10-8-21)30(42)37-20-28(40)41)39-31(43)29(23-17-25(35)19-26(36)18-23)38-34(39)15-11-24(12-16-34)33(4,5)6/h7,9,17-19,24,27H,8,10-16,20H2,1-6H3,(H,37,42)(H,40,41). The molecule has 2 aliphatic carbocycles. The first-order valence-corrected chi connectivity index (χ1v) is 16.0. The van der Waals surface area contributed by atoms with Crippen molar-refractivity contribution >= 4 is 46.7 Å². The minimum absolute atomic E-state index is 0.0508. The number of nitrogens with zero attached hydrogens (tertiary/aromatic N) is 2. The third-order valence-electron chi connectivity index (χ3n) is 9.12. The minimum Gasteiger partial charge on any atom is -0.480 e. The molecule has 1 spiro atoms. The number of halogens is 2. The van der Waals surface area contributed by atoms with Gasteiger partial charge in [-0.1, -0.05) is 76.9 Å². The summed E-state index contributed by atoms with van der Waals surface area (Å²) in [7, 11) is 0. The van der Waals surface area contributed by atoms with Crippen molar-refractivity contribution in [2.75, 3.05) is 6.54 Å². The molecule has 1 saturated carbocycles. The van der Waals surface area contributed by atoms with Gasteiger partial charge in [0.1, 0.15) is 17.9 Å². The normalized spacial score (nSPS) is 23.5. The number of carbonyl (C=O) groups excluding carboxylic acids is 2. The molecule has 1 unspecified atom stereocenters. The van der Waals surface area contributed by atoms with Crippen molar-refractivity contribution in [2.24, 2.45) is 21.7 Å². The van der Waals surface area contributed by atoms with Crippen LogP contribution in [0, 0.1) is 16.7 Å². The van der Waals surface area contributed by atoms with Crippen molar-refractivity contribution < 1.29 is 19.5 Å². The van der Waals surface area contributed by atoms with Gasteiger partial charge in [-0.2, -0.15) is 0 Å². The maximum atomic E-state index is 14.6. The Kier molecular flexibility index (Phi) is 9.87. The second kappa shape index (κ2) is 12.8. The molecule has 2 amide bonds. The number of amides is 2. The van der Waals surface area contributed by atoms with Gasteiger partial charge in [0.25, 0.3) is 5.91 Å². The summed E-state index contributed by atoms with van der Waals surface area (Å²) in [4.78, 5) is 45.4. The molecule has 1 aromatic carbocycles. The number of benzene rings is 1. The van der Waals surface area contributed by atoms with Crippen molar-refractivity contribution in [3.63, 3.8) is 0 Å². The van der Waals surface area contributed by atoms with Crippen LogP contribution in [-0.4, -0.2) is 51.8 Å². The first-order valence-electron chi connectivity index (χ1n) is 15.3.